The lowest BCUT2D eigenvalue weighted by Gasteiger charge is -2.12. The molecule has 0 aliphatic rings. The van der Waals surface area contributed by atoms with Crippen molar-refractivity contribution in [3.63, 3.8) is 0 Å². The van der Waals surface area contributed by atoms with Gasteiger partial charge in [-0.05, 0) is 67.4 Å². The second-order valence-corrected chi connectivity index (χ2v) is 8.89. The number of carbonyl (C=O) groups excluding carboxylic acids is 1. The molecule has 0 fully saturated rings. The molecular formula is C28H28BrN3O4. The average Bonchev–Trinajstić information content (AvgIpc) is 3.31. The molecular weight excluding hydrogens is 522 g/mol. The fraction of sp³-hybridized carbons (Fsp3) is 0.214. The second kappa shape index (κ2) is 12.3. The number of anilines is 1. The van der Waals surface area contributed by atoms with E-state index < -0.39 is 0 Å². The maximum atomic E-state index is 12.8. The summed E-state index contributed by atoms with van der Waals surface area (Å²) in [5, 5.41) is 7.30. The summed E-state index contributed by atoms with van der Waals surface area (Å²) >= 11 is 3.44. The normalized spacial score (nSPS) is 10.6. The predicted molar refractivity (Wildman–Crippen MR) is 143 cm³/mol. The molecule has 0 unspecified atom stereocenters. The van der Waals surface area contributed by atoms with Crippen LogP contribution in [0.25, 0.3) is 0 Å². The second-order valence-electron chi connectivity index (χ2n) is 7.97. The van der Waals surface area contributed by atoms with Gasteiger partial charge in [0.15, 0.2) is 11.5 Å². The minimum atomic E-state index is -0.210. The largest absolute Gasteiger partial charge is 0.490 e. The van der Waals surface area contributed by atoms with Crippen molar-refractivity contribution < 1.29 is 19.0 Å². The molecule has 1 aromatic heterocycles. The number of nitrogens with zero attached hydrogens (tertiary/aromatic N) is 2. The Labute approximate surface area is 219 Å². The highest BCUT2D eigenvalue weighted by molar-refractivity contribution is 9.10. The van der Waals surface area contributed by atoms with E-state index in [4.69, 9.17) is 14.2 Å². The van der Waals surface area contributed by atoms with Crippen molar-refractivity contribution in [2.75, 3.05) is 18.5 Å². The van der Waals surface area contributed by atoms with Crippen LogP contribution < -0.4 is 19.5 Å². The summed E-state index contributed by atoms with van der Waals surface area (Å²) in [6.45, 7) is 5.90. The van der Waals surface area contributed by atoms with Gasteiger partial charge in [0.2, 0.25) is 0 Å². The van der Waals surface area contributed by atoms with Crippen molar-refractivity contribution >= 4 is 27.5 Å². The molecule has 0 radical (unpaired) electrons. The number of carbonyl (C=O) groups is 1. The maximum Gasteiger partial charge on any atom is 0.255 e. The zero-order valence-corrected chi connectivity index (χ0v) is 21.8. The van der Waals surface area contributed by atoms with Crippen LogP contribution in [-0.2, 0) is 13.2 Å². The van der Waals surface area contributed by atoms with Crippen molar-refractivity contribution in [2.45, 2.75) is 27.0 Å². The van der Waals surface area contributed by atoms with E-state index >= 15 is 0 Å². The molecule has 0 aliphatic carbocycles. The van der Waals surface area contributed by atoms with Gasteiger partial charge in [-0.2, -0.15) is 5.10 Å². The maximum absolute atomic E-state index is 12.8. The van der Waals surface area contributed by atoms with E-state index in [0.29, 0.717) is 43.4 Å². The van der Waals surface area contributed by atoms with Gasteiger partial charge in [0.05, 0.1) is 31.6 Å². The Kier molecular flexibility index (Phi) is 8.62. The minimum absolute atomic E-state index is 0.210. The lowest BCUT2D eigenvalue weighted by Crippen LogP contribution is -2.12. The van der Waals surface area contributed by atoms with Gasteiger partial charge in [-0.15, -0.1) is 0 Å². The number of benzene rings is 3. The van der Waals surface area contributed by atoms with Crippen LogP contribution >= 0.6 is 15.9 Å². The van der Waals surface area contributed by atoms with Crippen LogP contribution in [0.15, 0.2) is 83.6 Å². The molecule has 4 rings (SSSR count). The van der Waals surface area contributed by atoms with Crippen molar-refractivity contribution in [1.29, 1.82) is 0 Å². The first kappa shape index (κ1) is 25.3. The first-order chi connectivity index (χ1) is 17.5. The van der Waals surface area contributed by atoms with Gasteiger partial charge < -0.3 is 19.5 Å². The van der Waals surface area contributed by atoms with Gasteiger partial charge in [0.1, 0.15) is 12.4 Å². The van der Waals surface area contributed by atoms with Crippen LogP contribution in [0, 0.1) is 0 Å². The van der Waals surface area contributed by atoms with Gasteiger partial charge in [0.25, 0.3) is 5.91 Å². The molecule has 36 heavy (non-hydrogen) atoms. The van der Waals surface area contributed by atoms with Crippen molar-refractivity contribution in [3.05, 3.63) is 100 Å². The Bertz CT molecular complexity index is 1320. The molecule has 0 aliphatic heterocycles. The predicted octanol–water partition coefficient (Wildman–Crippen LogP) is 6.32. The van der Waals surface area contributed by atoms with Crippen molar-refractivity contribution in [2.24, 2.45) is 0 Å². The highest BCUT2D eigenvalue weighted by atomic mass is 79.9. The third-order valence-corrected chi connectivity index (χ3v) is 5.73. The smallest absolute Gasteiger partial charge is 0.255 e. The first-order valence-corrected chi connectivity index (χ1v) is 12.5. The van der Waals surface area contributed by atoms with Gasteiger partial charge in [-0.3, -0.25) is 9.48 Å². The van der Waals surface area contributed by atoms with Crippen LogP contribution in [0.3, 0.4) is 0 Å². The van der Waals surface area contributed by atoms with E-state index in [1.54, 1.807) is 23.1 Å². The highest BCUT2D eigenvalue weighted by Gasteiger charge is 2.11. The zero-order valence-electron chi connectivity index (χ0n) is 20.2. The molecule has 0 saturated carbocycles. The van der Waals surface area contributed by atoms with Gasteiger partial charge in [0, 0.05) is 16.2 Å². The topological polar surface area (TPSA) is 74.6 Å². The number of hydrogen-bond donors (Lipinski definition) is 1. The minimum Gasteiger partial charge on any atom is -0.490 e. The summed E-state index contributed by atoms with van der Waals surface area (Å²) in [5.74, 6) is 1.98. The first-order valence-electron chi connectivity index (χ1n) is 11.7. The van der Waals surface area contributed by atoms with E-state index in [2.05, 4.69) is 26.3 Å². The Balaban J connectivity index is 1.37. The van der Waals surface area contributed by atoms with Gasteiger partial charge in [-0.1, -0.05) is 40.2 Å². The summed E-state index contributed by atoms with van der Waals surface area (Å²) in [4.78, 5) is 12.8. The molecule has 3 aromatic carbocycles. The van der Waals surface area contributed by atoms with Crippen molar-refractivity contribution in [1.82, 2.24) is 9.78 Å². The molecule has 0 spiro atoms. The van der Waals surface area contributed by atoms with Crippen LogP contribution in [0.5, 0.6) is 17.2 Å². The zero-order chi connectivity index (χ0) is 25.3. The van der Waals surface area contributed by atoms with Crippen LogP contribution in [-0.4, -0.2) is 28.9 Å². The number of rotatable bonds is 11. The molecule has 0 atom stereocenters. The molecule has 1 heterocycles. The van der Waals surface area contributed by atoms with Gasteiger partial charge >= 0.3 is 0 Å². The number of aromatic nitrogens is 2. The third-order valence-electron chi connectivity index (χ3n) is 5.23. The Morgan fingerprint density at radius 3 is 2.53 bits per heavy atom. The Hall–Kier alpha value is -3.78. The third kappa shape index (κ3) is 6.88. The molecule has 0 saturated heterocycles. The monoisotopic (exact) mass is 549 g/mol. The van der Waals surface area contributed by atoms with Crippen LogP contribution in [0.2, 0.25) is 0 Å². The summed E-state index contributed by atoms with van der Waals surface area (Å²) in [6, 6.07) is 20.9. The number of amides is 1. The van der Waals surface area contributed by atoms with Crippen LogP contribution in [0.1, 0.15) is 35.3 Å². The van der Waals surface area contributed by atoms with Crippen LogP contribution in [0.4, 0.5) is 5.69 Å². The molecule has 8 heteroatoms. The lowest BCUT2D eigenvalue weighted by atomic mass is 10.1. The number of halogens is 1. The lowest BCUT2D eigenvalue weighted by molar-refractivity contribution is 0.102. The molecule has 1 N–H and O–H groups in total. The number of ether oxygens (including phenoxy) is 3. The van der Waals surface area contributed by atoms with E-state index in [1.165, 1.54) is 0 Å². The molecule has 1 amide bonds. The summed E-state index contributed by atoms with van der Waals surface area (Å²) in [6.07, 6.45) is 3.44. The highest BCUT2D eigenvalue weighted by Crippen LogP contribution is 2.29. The number of nitrogens with one attached hydrogen (secondary N) is 1. The molecule has 4 aromatic rings. The van der Waals surface area contributed by atoms with E-state index in [1.807, 2.05) is 74.5 Å². The van der Waals surface area contributed by atoms with Gasteiger partial charge in [-0.25, -0.2) is 0 Å². The van der Waals surface area contributed by atoms with E-state index in [9.17, 15) is 4.79 Å². The summed E-state index contributed by atoms with van der Waals surface area (Å²) in [5.41, 5.74) is 3.08. The fourth-order valence-corrected chi connectivity index (χ4v) is 4.00. The molecule has 0 bridgehead atoms. The summed E-state index contributed by atoms with van der Waals surface area (Å²) < 4.78 is 19.9. The fourth-order valence-electron chi connectivity index (χ4n) is 3.62. The number of hydrogen-bond acceptors (Lipinski definition) is 5. The van der Waals surface area contributed by atoms with E-state index in [0.717, 1.165) is 27.1 Å². The quantitative estimate of drug-likeness (QED) is 0.237. The van der Waals surface area contributed by atoms with Crippen molar-refractivity contribution in [3.8, 4) is 17.2 Å². The SMILES string of the molecule is CCOc1ccc(Cn2cc(NC(=O)c3cccc(COc4cccc(Br)c4)c3)cn2)cc1OCC. The standard InChI is InChI=1S/C28H28BrN3O4/c1-3-34-26-12-11-20(14-27(26)35-4-2)17-32-18-24(16-30-32)31-28(33)22-8-5-7-21(13-22)19-36-25-10-6-9-23(29)15-25/h5-16,18H,3-4,17,19H2,1-2H3,(H,31,33). The van der Waals surface area contributed by atoms with E-state index in [-0.39, 0.29) is 5.91 Å². The Morgan fingerprint density at radius 2 is 1.72 bits per heavy atom. The molecule has 7 nitrogen and oxygen atoms in total. The Morgan fingerprint density at radius 1 is 0.917 bits per heavy atom. The average molecular weight is 550 g/mol. The molecule has 186 valence electrons. The summed E-state index contributed by atoms with van der Waals surface area (Å²) in [7, 11) is 0.